The van der Waals surface area contributed by atoms with Crippen LogP contribution in [-0.4, -0.2) is 29.3 Å². The first-order valence-electron chi connectivity index (χ1n) is 10.5. The van der Waals surface area contributed by atoms with E-state index in [0.717, 1.165) is 39.6 Å². The first-order valence-corrected chi connectivity index (χ1v) is 11.4. The zero-order chi connectivity index (χ0) is 23.2. The summed E-state index contributed by atoms with van der Waals surface area (Å²) in [4.78, 5) is 17.0. The third-order valence-electron chi connectivity index (χ3n) is 5.28. The zero-order valence-electron chi connectivity index (χ0n) is 18.7. The summed E-state index contributed by atoms with van der Waals surface area (Å²) in [7, 11) is 1.39. The molecule has 2 aromatic heterocycles. The van der Waals surface area contributed by atoms with Crippen LogP contribution in [0, 0.1) is 13.8 Å². The number of benzene rings is 2. The molecule has 0 aliphatic carbocycles. The minimum Gasteiger partial charge on any atom is -0.489 e. The number of hydrogen-bond acceptors (Lipinski definition) is 8. The van der Waals surface area contributed by atoms with E-state index < -0.39 is 6.04 Å². The number of aromatic nitrogens is 2. The minimum absolute atomic E-state index is 0.342. The van der Waals surface area contributed by atoms with E-state index in [1.807, 2.05) is 73.8 Å². The van der Waals surface area contributed by atoms with E-state index in [1.165, 1.54) is 18.4 Å². The van der Waals surface area contributed by atoms with Crippen molar-refractivity contribution in [2.24, 2.45) is 0 Å². The predicted molar refractivity (Wildman–Crippen MR) is 127 cm³/mol. The SMILES string of the molecule is COC(=O)[C@H](Cc1ccc(OCc2c(C)noc2C)cc1)Nc1nc(-c2ccccc2)cs1. The second-order valence-electron chi connectivity index (χ2n) is 7.56. The number of rotatable bonds is 9. The van der Waals surface area contributed by atoms with Crippen molar-refractivity contribution in [3.8, 4) is 17.0 Å². The smallest absolute Gasteiger partial charge is 0.328 e. The number of hydrogen-bond donors (Lipinski definition) is 1. The molecular weight excluding hydrogens is 438 g/mol. The van der Waals surface area contributed by atoms with Crippen LogP contribution >= 0.6 is 11.3 Å². The lowest BCUT2D eigenvalue weighted by atomic mass is 10.1. The lowest BCUT2D eigenvalue weighted by molar-refractivity contribution is -0.141. The number of carbonyl (C=O) groups excluding carboxylic acids is 1. The number of thiazole rings is 1. The van der Waals surface area contributed by atoms with Crippen molar-refractivity contribution >= 4 is 22.4 Å². The van der Waals surface area contributed by atoms with Gasteiger partial charge in [0, 0.05) is 17.4 Å². The van der Waals surface area contributed by atoms with Crippen molar-refractivity contribution in [2.45, 2.75) is 32.9 Å². The number of nitrogens with zero attached hydrogens (tertiary/aromatic N) is 2. The van der Waals surface area contributed by atoms with Crippen molar-refractivity contribution in [1.82, 2.24) is 10.1 Å². The molecule has 8 heteroatoms. The van der Waals surface area contributed by atoms with E-state index >= 15 is 0 Å². The Morgan fingerprint density at radius 3 is 2.55 bits per heavy atom. The van der Waals surface area contributed by atoms with Crippen LogP contribution in [0.1, 0.15) is 22.6 Å². The topological polar surface area (TPSA) is 86.5 Å². The van der Waals surface area contributed by atoms with Crippen LogP contribution in [0.2, 0.25) is 0 Å². The van der Waals surface area contributed by atoms with E-state index in [4.69, 9.17) is 14.0 Å². The molecule has 0 aliphatic rings. The van der Waals surface area contributed by atoms with Gasteiger partial charge in [0.05, 0.1) is 24.1 Å². The number of esters is 1. The molecular formula is C25H25N3O4S. The summed E-state index contributed by atoms with van der Waals surface area (Å²) in [5, 5.41) is 9.81. The number of anilines is 1. The lowest BCUT2D eigenvalue weighted by Crippen LogP contribution is -2.32. The number of ether oxygens (including phenoxy) is 2. The summed E-state index contributed by atoms with van der Waals surface area (Å²) in [6.07, 6.45) is 0.455. The van der Waals surface area contributed by atoms with Gasteiger partial charge in [-0.2, -0.15) is 0 Å². The maximum absolute atomic E-state index is 12.4. The molecule has 4 rings (SSSR count). The van der Waals surface area contributed by atoms with Crippen LogP contribution in [0.4, 0.5) is 5.13 Å². The van der Waals surface area contributed by atoms with Crippen LogP contribution in [0.15, 0.2) is 64.5 Å². The Balaban J connectivity index is 1.40. The molecule has 1 atom stereocenters. The van der Waals surface area contributed by atoms with Crippen molar-refractivity contribution in [2.75, 3.05) is 12.4 Å². The molecule has 0 radical (unpaired) electrons. The van der Waals surface area contributed by atoms with Gasteiger partial charge in [-0.3, -0.25) is 0 Å². The summed E-state index contributed by atoms with van der Waals surface area (Å²) in [6.45, 7) is 4.15. The molecule has 1 N–H and O–H groups in total. The highest BCUT2D eigenvalue weighted by molar-refractivity contribution is 7.14. The van der Waals surface area contributed by atoms with Crippen LogP contribution in [0.3, 0.4) is 0 Å². The highest BCUT2D eigenvalue weighted by Gasteiger charge is 2.21. The van der Waals surface area contributed by atoms with Gasteiger partial charge in [-0.15, -0.1) is 11.3 Å². The Morgan fingerprint density at radius 1 is 1.12 bits per heavy atom. The minimum atomic E-state index is -0.557. The van der Waals surface area contributed by atoms with Gasteiger partial charge in [0.2, 0.25) is 0 Å². The summed E-state index contributed by atoms with van der Waals surface area (Å²) in [5.74, 6) is 1.15. The third-order valence-corrected chi connectivity index (χ3v) is 6.06. The Kier molecular flexibility index (Phi) is 7.04. The van der Waals surface area contributed by atoms with Gasteiger partial charge in [-0.1, -0.05) is 47.6 Å². The zero-order valence-corrected chi connectivity index (χ0v) is 19.5. The molecule has 0 bridgehead atoms. The van der Waals surface area contributed by atoms with Gasteiger partial charge in [-0.25, -0.2) is 9.78 Å². The first kappa shape index (κ1) is 22.5. The largest absolute Gasteiger partial charge is 0.489 e. The van der Waals surface area contributed by atoms with Gasteiger partial charge in [0.15, 0.2) is 5.13 Å². The number of nitrogens with one attached hydrogen (secondary N) is 1. The monoisotopic (exact) mass is 463 g/mol. The average molecular weight is 464 g/mol. The van der Waals surface area contributed by atoms with Crippen molar-refractivity contribution < 1.29 is 18.8 Å². The van der Waals surface area contributed by atoms with Crippen molar-refractivity contribution in [1.29, 1.82) is 0 Å². The van der Waals surface area contributed by atoms with Crippen molar-refractivity contribution in [3.05, 3.63) is 82.6 Å². The van der Waals surface area contributed by atoms with E-state index in [1.54, 1.807) is 0 Å². The molecule has 0 fully saturated rings. The maximum atomic E-state index is 12.4. The fourth-order valence-corrected chi connectivity index (χ4v) is 4.16. The van der Waals surface area contributed by atoms with Gasteiger partial charge in [-0.05, 0) is 31.5 Å². The Labute approximate surface area is 196 Å². The second-order valence-corrected chi connectivity index (χ2v) is 8.42. The molecule has 170 valence electrons. The molecule has 0 saturated heterocycles. The quantitative estimate of drug-likeness (QED) is 0.342. The average Bonchev–Trinajstić information content (AvgIpc) is 3.44. The van der Waals surface area contributed by atoms with E-state index in [0.29, 0.717) is 18.2 Å². The van der Waals surface area contributed by atoms with E-state index in [-0.39, 0.29) is 5.97 Å². The fourth-order valence-electron chi connectivity index (χ4n) is 3.39. The molecule has 2 heterocycles. The number of aryl methyl sites for hydroxylation is 2. The summed E-state index contributed by atoms with van der Waals surface area (Å²) >= 11 is 1.46. The third kappa shape index (κ3) is 5.59. The number of methoxy groups -OCH3 is 1. The molecule has 4 aromatic rings. The van der Waals surface area contributed by atoms with Gasteiger partial charge >= 0.3 is 5.97 Å². The van der Waals surface area contributed by atoms with Crippen LogP contribution in [0.5, 0.6) is 5.75 Å². The molecule has 7 nitrogen and oxygen atoms in total. The Bertz CT molecular complexity index is 1180. The van der Waals surface area contributed by atoms with E-state index in [2.05, 4.69) is 15.5 Å². The van der Waals surface area contributed by atoms with Crippen LogP contribution in [-0.2, 0) is 22.6 Å². The predicted octanol–water partition coefficient (Wildman–Crippen LogP) is 5.19. The van der Waals surface area contributed by atoms with E-state index in [9.17, 15) is 4.79 Å². The molecule has 0 amide bonds. The summed E-state index contributed by atoms with van der Waals surface area (Å²) in [5.41, 5.74) is 4.65. The Morgan fingerprint density at radius 2 is 1.88 bits per heavy atom. The lowest BCUT2D eigenvalue weighted by Gasteiger charge is -2.16. The molecule has 0 spiro atoms. The van der Waals surface area contributed by atoms with Crippen LogP contribution < -0.4 is 10.1 Å². The second kappa shape index (κ2) is 10.3. The first-order chi connectivity index (χ1) is 16.0. The summed E-state index contributed by atoms with van der Waals surface area (Å²) in [6, 6.07) is 17.0. The molecule has 2 aromatic carbocycles. The van der Waals surface area contributed by atoms with Gasteiger partial charge in [0.1, 0.15) is 24.2 Å². The Hall–Kier alpha value is -3.65. The highest BCUT2D eigenvalue weighted by Crippen LogP contribution is 2.26. The molecule has 33 heavy (non-hydrogen) atoms. The number of carbonyl (C=O) groups is 1. The standard InChI is InChI=1S/C25H25N3O4S/c1-16-21(17(2)32-28-16)14-31-20-11-9-18(10-12-20)13-22(24(29)30-3)26-25-27-23(15-33-25)19-7-5-4-6-8-19/h4-12,15,22H,13-14H2,1-3H3,(H,26,27)/t22-/m0/s1. The molecule has 0 aliphatic heterocycles. The summed E-state index contributed by atoms with van der Waals surface area (Å²) < 4.78 is 16.0. The maximum Gasteiger partial charge on any atom is 0.328 e. The van der Waals surface area contributed by atoms with Crippen molar-refractivity contribution in [3.63, 3.8) is 0 Å². The van der Waals surface area contributed by atoms with Crippen LogP contribution in [0.25, 0.3) is 11.3 Å². The highest BCUT2D eigenvalue weighted by atomic mass is 32.1. The van der Waals surface area contributed by atoms with Gasteiger partial charge in [0.25, 0.3) is 0 Å². The fraction of sp³-hybridized carbons (Fsp3) is 0.240. The van der Waals surface area contributed by atoms with Gasteiger partial charge < -0.3 is 19.3 Å². The normalized spacial score (nSPS) is 11.7. The molecule has 0 unspecified atom stereocenters. The molecule has 0 saturated carbocycles.